The molecule has 1 atom stereocenters. The predicted molar refractivity (Wildman–Crippen MR) is 61.4 cm³/mol. The van der Waals surface area contributed by atoms with Crippen LogP contribution in [-0.2, 0) is 9.84 Å². The Kier molecular flexibility index (Phi) is 4.40. The van der Waals surface area contributed by atoms with Crippen LogP contribution < -0.4 is 0 Å². The molecule has 0 heterocycles. The van der Waals surface area contributed by atoms with Gasteiger partial charge in [0.2, 0.25) is 0 Å². The Hall–Kier alpha value is -1.07. The van der Waals surface area contributed by atoms with Crippen LogP contribution in [0.5, 0.6) is 0 Å². The summed E-state index contributed by atoms with van der Waals surface area (Å²) in [5.74, 6) is -3.80. The van der Waals surface area contributed by atoms with E-state index in [0.29, 0.717) is 4.47 Å². The van der Waals surface area contributed by atoms with Crippen molar-refractivity contribution in [3.63, 3.8) is 0 Å². The molecule has 1 aromatic rings. The third-order valence-corrected chi connectivity index (χ3v) is 4.33. The van der Waals surface area contributed by atoms with Gasteiger partial charge in [0.15, 0.2) is 15.8 Å². The van der Waals surface area contributed by atoms with Crippen molar-refractivity contribution in [1.29, 1.82) is 5.26 Å². The standard InChI is InChI=1S/C10H7BrF3NO2S/c11-8-2-1-3-9(4-8)18(16,17)6-7(5-15)10(12,13)14/h1-4,7H,6H2. The number of nitriles is 1. The molecule has 0 fully saturated rings. The van der Waals surface area contributed by atoms with E-state index in [-0.39, 0.29) is 4.90 Å². The molecule has 18 heavy (non-hydrogen) atoms. The van der Waals surface area contributed by atoms with Crippen molar-refractivity contribution in [3.05, 3.63) is 28.7 Å². The summed E-state index contributed by atoms with van der Waals surface area (Å²) in [5.41, 5.74) is 0. The van der Waals surface area contributed by atoms with Crippen molar-refractivity contribution >= 4 is 25.8 Å². The highest BCUT2D eigenvalue weighted by Gasteiger charge is 2.43. The maximum atomic E-state index is 12.3. The molecule has 0 aliphatic rings. The first-order chi connectivity index (χ1) is 8.16. The van der Waals surface area contributed by atoms with Gasteiger partial charge in [-0.25, -0.2) is 8.42 Å². The van der Waals surface area contributed by atoms with Crippen LogP contribution >= 0.6 is 15.9 Å². The van der Waals surface area contributed by atoms with E-state index in [4.69, 9.17) is 5.26 Å². The van der Waals surface area contributed by atoms with Crippen LogP contribution in [-0.4, -0.2) is 20.3 Å². The number of sulfone groups is 1. The van der Waals surface area contributed by atoms with Gasteiger partial charge in [-0.05, 0) is 18.2 Å². The van der Waals surface area contributed by atoms with Gasteiger partial charge in [-0.2, -0.15) is 18.4 Å². The Balaban J connectivity index is 3.07. The minimum atomic E-state index is -4.85. The van der Waals surface area contributed by atoms with Crippen LogP contribution in [0.4, 0.5) is 13.2 Å². The van der Waals surface area contributed by atoms with Crippen molar-refractivity contribution in [2.24, 2.45) is 5.92 Å². The van der Waals surface area contributed by atoms with E-state index in [1.165, 1.54) is 18.2 Å². The van der Waals surface area contributed by atoms with Gasteiger partial charge in [0.25, 0.3) is 0 Å². The van der Waals surface area contributed by atoms with E-state index in [0.717, 1.165) is 6.07 Å². The summed E-state index contributed by atoms with van der Waals surface area (Å²) in [6.07, 6.45) is -4.85. The topological polar surface area (TPSA) is 57.9 Å². The van der Waals surface area contributed by atoms with Crippen LogP contribution in [0.2, 0.25) is 0 Å². The fourth-order valence-corrected chi connectivity index (χ4v) is 3.22. The Labute approximate surface area is 110 Å². The minimum absolute atomic E-state index is 0.249. The number of rotatable bonds is 3. The Morgan fingerprint density at radius 3 is 2.44 bits per heavy atom. The molecule has 1 rings (SSSR count). The first-order valence-corrected chi connectivity index (χ1v) is 7.06. The first-order valence-electron chi connectivity index (χ1n) is 4.61. The van der Waals surface area contributed by atoms with Gasteiger partial charge >= 0.3 is 6.18 Å². The average molecular weight is 342 g/mol. The highest BCUT2D eigenvalue weighted by molar-refractivity contribution is 9.10. The number of hydrogen-bond donors (Lipinski definition) is 0. The molecule has 0 radical (unpaired) electrons. The molecule has 0 saturated heterocycles. The third kappa shape index (κ3) is 3.71. The summed E-state index contributed by atoms with van der Waals surface area (Å²) in [6.45, 7) is 0. The van der Waals surface area contributed by atoms with Crippen LogP contribution in [0.3, 0.4) is 0 Å². The van der Waals surface area contributed by atoms with Crippen LogP contribution in [0.25, 0.3) is 0 Å². The van der Waals surface area contributed by atoms with Gasteiger partial charge in [0, 0.05) is 4.47 Å². The number of hydrogen-bond acceptors (Lipinski definition) is 3. The largest absolute Gasteiger partial charge is 0.405 e. The molecular weight excluding hydrogens is 335 g/mol. The SMILES string of the molecule is N#CC(CS(=O)(=O)c1cccc(Br)c1)C(F)(F)F. The van der Waals surface area contributed by atoms with Gasteiger partial charge < -0.3 is 0 Å². The summed E-state index contributed by atoms with van der Waals surface area (Å²) in [6, 6.07) is 6.29. The maximum Gasteiger partial charge on any atom is 0.405 e. The monoisotopic (exact) mass is 341 g/mol. The smallest absolute Gasteiger partial charge is 0.224 e. The van der Waals surface area contributed by atoms with Gasteiger partial charge in [-0.3, -0.25) is 0 Å². The van der Waals surface area contributed by atoms with Crippen LogP contribution in [0.15, 0.2) is 33.6 Å². The molecule has 1 unspecified atom stereocenters. The number of nitrogens with zero attached hydrogens (tertiary/aromatic N) is 1. The molecular formula is C10H7BrF3NO2S. The molecule has 0 aliphatic heterocycles. The zero-order valence-electron chi connectivity index (χ0n) is 8.78. The normalized spacial score (nSPS) is 13.9. The van der Waals surface area contributed by atoms with E-state index >= 15 is 0 Å². The average Bonchev–Trinajstić information content (AvgIpc) is 2.24. The van der Waals surface area contributed by atoms with Crippen LogP contribution in [0.1, 0.15) is 0 Å². The van der Waals surface area contributed by atoms with E-state index in [1.54, 1.807) is 6.07 Å². The Bertz CT molecular complexity index is 578. The number of alkyl halides is 3. The fourth-order valence-electron chi connectivity index (χ4n) is 1.18. The number of halogens is 4. The van der Waals surface area contributed by atoms with Crippen molar-refractivity contribution in [2.45, 2.75) is 11.1 Å². The van der Waals surface area contributed by atoms with Gasteiger partial charge in [0.05, 0.1) is 16.7 Å². The molecule has 0 N–H and O–H groups in total. The molecule has 0 saturated carbocycles. The van der Waals surface area contributed by atoms with E-state index in [9.17, 15) is 21.6 Å². The fraction of sp³-hybridized carbons (Fsp3) is 0.300. The second kappa shape index (κ2) is 5.28. The second-order valence-electron chi connectivity index (χ2n) is 3.46. The lowest BCUT2D eigenvalue weighted by atomic mass is 10.2. The molecule has 0 amide bonds. The van der Waals surface area contributed by atoms with Crippen molar-refractivity contribution in [1.82, 2.24) is 0 Å². The van der Waals surface area contributed by atoms with Crippen molar-refractivity contribution < 1.29 is 21.6 Å². The molecule has 98 valence electrons. The minimum Gasteiger partial charge on any atom is -0.224 e. The summed E-state index contributed by atoms with van der Waals surface area (Å²) in [5, 5.41) is 8.38. The molecule has 3 nitrogen and oxygen atoms in total. The van der Waals surface area contributed by atoms with Crippen LogP contribution in [0, 0.1) is 17.2 Å². The van der Waals surface area contributed by atoms with Gasteiger partial charge in [-0.1, -0.05) is 22.0 Å². The van der Waals surface area contributed by atoms with Crippen molar-refractivity contribution in [3.8, 4) is 6.07 Å². The first kappa shape index (κ1) is 15.0. The highest BCUT2D eigenvalue weighted by Crippen LogP contribution is 2.29. The van der Waals surface area contributed by atoms with E-state index in [2.05, 4.69) is 15.9 Å². The van der Waals surface area contributed by atoms with Crippen molar-refractivity contribution in [2.75, 3.05) is 5.75 Å². The lowest BCUT2D eigenvalue weighted by Gasteiger charge is -2.13. The molecule has 0 aromatic heterocycles. The third-order valence-electron chi connectivity index (χ3n) is 2.09. The summed E-state index contributed by atoms with van der Waals surface area (Å²) in [4.78, 5) is -0.249. The quantitative estimate of drug-likeness (QED) is 0.849. The molecule has 0 spiro atoms. The number of benzene rings is 1. The maximum absolute atomic E-state index is 12.3. The van der Waals surface area contributed by atoms with Gasteiger partial charge in [-0.15, -0.1) is 0 Å². The van der Waals surface area contributed by atoms with E-state index < -0.39 is 27.7 Å². The lowest BCUT2D eigenvalue weighted by molar-refractivity contribution is -0.153. The van der Waals surface area contributed by atoms with E-state index in [1.807, 2.05) is 0 Å². The molecule has 0 aliphatic carbocycles. The zero-order valence-corrected chi connectivity index (χ0v) is 11.2. The molecule has 8 heteroatoms. The summed E-state index contributed by atoms with van der Waals surface area (Å²) >= 11 is 3.03. The Morgan fingerprint density at radius 2 is 2.00 bits per heavy atom. The summed E-state index contributed by atoms with van der Waals surface area (Å²) in [7, 11) is -4.15. The predicted octanol–water partition coefficient (Wildman–Crippen LogP) is 2.92. The Morgan fingerprint density at radius 1 is 1.39 bits per heavy atom. The zero-order chi connectivity index (χ0) is 14.0. The molecule has 1 aromatic carbocycles. The molecule has 0 bridgehead atoms. The van der Waals surface area contributed by atoms with Gasteiger partial charge in [0.1, 0.15) is 0 Å². The summed E-state index contributed by atoms with van der Waals surface area (Å²) < 4.78 is 60.9. The second-order valence-corrected chi connectivity index (χ2v) is 6.41. The lowest BCUT2D eigenvalue weighted by Crippen LogP contribution is -2.28. The highest BCUT2D eigenvalue weighted by atomic mass is 79.9.